The van der Waals surface area contributed by atoms with Gasteiger partial charge in [0.2, 0.25) is 0 Å². The molecule has 0 aliphatic carbocycles. The van der Waals surface area contributed by atoms with Crippen molar-refractivity contribution in [2.45, 2.75) is 18.9 Å². The lowest BCUT2D eigenvalue weighted by molar-refractivity contribution is -0.140. The number of carbonyl (C=O) groups excluding carboxylic acids is 1. The maximum absolute atomic E-state index is 11.1. The van der Waals surface area contributed by atoms with Crippen LogP contribution in [0.15, 0.2) is 36.4 Å². The Morgan fingerprint density at radius 1 is 1.33 bits per heavy atom. The summed E-state index contributed by atoms with van der Waals surface area (Å²) >= 11 is 0. The Labute approximate surface area is 106 Å². The second-order valence-electron chi connectivity index (χ2n) is 4.15. The number of rotatable bonds is 4. The summed E-state index contributed by atoms with van der Waals surface area (Å²) in [5.41, 5.74) is 7.74. The van der Waals surface area contributed by atoms with E-state index in [1.54, 1.807) is 0 Å². The Kier molecular flexibility index (Phi) is 3.89. The van der Waals surface area contributed by atoms with E-state index in [-0.39, 0.29) is 12.0 Å². The summed E-state index contributed by atoms with van der Waals surface area (Å²) < 4.78 is 4.59. The molecule has 4 nitrogen and oxygen atoms in total. The van der Waals surface area contributed by atoms with Crippen LogP contribution in [0.5, 0.6) is 0 Å². The first kappa shape index (κ1) is 12.5. The summed E-state index contributed by atoms with van der Waals surface area (Å²) in [6.07, 6.45) is 0.851. The van der Waals surface area contributed by atoms with E-state index in [9.17, 15) is 4.79 Å². The molecule has 1 aromatic carbocycles. The van der Waals surface area contributed by atoms with E-state index < -0.39 is 0 Å². The van der Waals surface area contributed by atoms with E-state index in [1.165, 1.54) is 7.11 Å². The lowest BCUT2D eigenvalue weighted by Gasteiger charge is -2.11. The highest BCUT2D eigenvalue weighted by Gasteiger charge is 2.11. The molecule has 0 saturated carbocycles. The molecule has 4 heteroatoms. The zero-order chi connectivity index (χ0) is 13.0. The smallest absolute Gasteiger partial charge is 0.305 e. The highest BCUT2D eigenvalue weighted by molar-refractivity contribution is 5.78. The SMILES string of the molecule is COC(=O)CCC(N)c1ccc2ccccc2n1. The summed E-state index contributed by atoms with van der Waals surface area (Å²) in [5.74, 6) is -0.244. The zero-order valence-corrected chi connectivity index (χ0v) is 10.3. The van der Waals surface area contributed by atoms with Gasteiger partial charge in [0.15, 0.2) is 0 Å². The van der Waals surface area contributed by atoms with Crippen LogP contribution in [-0.4, -0.2) is 18.1 Å². The van der Waals surface area contributed by atoms with Crippen LogP contribution in [0.25, 0.3) is 10.9 Å². The van der Waals surface area contributed by atoms with Crippen LogP contribution < -0.4 is 5.73 Å². The number of fused-ring (bicyclic) bond motifs is 1. The minimum Gasteiger partial charge on any atom is -0.469 e. The van der Waals surface area contributed by atoms with Crippen molar-refractivity contribution >= 4 is 16.9 Å². The van der Waals surface area contributed by atoms with E-state index in [0.29, 0.717) is 12.8 Å². The minimum atomic E-state index is -0.244. The molecule has 18 heavy (non-hydrogen) atoms. The Balaban J connectivity index is 2.12. The molecule has 2 N–H and O–H groups in total. The number of aromatic nitrogens is 1. The first-order chi connectivity index (χ1) is 8.70. The minimum absolute atomic E-state index is 0.242. The van der Waals surface area contributed by atoms with Gasteiger partial charge in [-0.25, -0.2) is 0 Å². The molecule has 1 atom stereocenters. The molecule has 0 bridgehead atoms. The third-order valence-corrected chi connectivity index (χ3v) is 2.89. The average Bonchev–Trinajstić information content (AvgIpc) is 2.43. The number of carbonyl (C=O) groups is 1. The van der Waals surface area contributed by atoms with Crippen molar-refractivity contribution in [1.29, 1.82) is 0 Å². The fourth-order valence-electron chi connectivity index (χ4n) is 1.81. The summed E-state index contributed by atoms with van der Waals surface area (Å²) in [7, 11) is 1.38. The number of methoxy groups -OCH3 is 1. The number of para-hydroxylation sites is 1. The quantitative estimate of drug-likeness (QED) is 0.837. The van der Waals surface area contributed by atoms with Crippen LogP contribution in [0, 0.1) is 0 Å². The standard InChI is InChI=1S/C14H16N2O2/c1-18-14(17)9-7-11(15)13-8-6-10-4-2-3-5-12(10)16-13/h2-6,8,11H,7,9,15H2,1H3. The molecule has 0 aliphatic rings. The fraction of sp³-hybridized carbons (Fsp3) is 0.286. The molecule has 1 unspecified atom stereocenters. The van der Waals surface area contributed by atoms with Gasteiger partial charge in [-0.2, -0.15) is 0 Å². The number of hydrogen-bond acceptors (Lipinski definition) is 4. The maximum Gasteiger partial charge on any atom is 0.305 e. The van der Waals surface area contributed by atoms with Gasteiger partial charge in [-0.15, -0.1) is 0 Å². The molecule has 2 rings (SSSR count). The molecule has 94 valence electrons. The fourth-order valence-corrected chi connectivity index (χ4v) is 1.81. The number of benzene rings is 1. The van der Waals surface area contributed by atoms with Gasteiger partial charge in [0.25, 0.3) is 0 Å². The predicted octanol–water partition coefficient (Wildman–Crippen LogP) is 2.19. The molecule has 0 fully saturated rings. The van der Waals surface area contributed by atoms with E-state index in [4.69, 9.17) is 5.73 Å². The molecule has 1 aromatic heterocycles. The normalized spacial score (nSPS) is 12.3. The number of esters is 1. The monoisotopic (exact) mass is 244 g/mol. The van der Waals surface area contributed by atoms with E-state index in [0.717, 1.165) is 16.6 Å². The summed E-state index contributed by atoms with van der Waals surface area (Å²) in [5, 5.41) is 1.08. The summed E-state index contributed by atoms with van der Waals surface area (Å²) in [6, 6.07) is 11.5. The molecule has 0 amide bonds. The number of hydrogen-bond donors (Lipinski definition) is 1. The second-order valence-corrected chi connectivity index (χ2v) is 4.15. The molecule has 0 radical (unpaired) electrons. The van der Waals surface area contributed by atoms with Crippen LogP contribution in [0.1, 0.15) is 24.6 Å². The Morgan fingerprint density at radius 3 is 2.89 bits per heavy atom. The van der Waals surface area contributed by atoms with E-state index in [2.05, 4.69) is 9.72 Å². The molecule has 0 spiro atoms. The molecule has 0 aliphatic heterocycles. The Morgan fingerprint density at radius 2 is 2.11 bits per heavy atom. The van der Waals surface area contributed by atoms with Crippen LogP contribution in [0.3, 0.4) is 0 Å². The van der Waals surface area contributed by atoms with Gasteiger partial charge < -0.3 is 10.5 Å². The van der Waals surface area contributed by atoms with Crippen molar-refractivity contribution < 1.29 is 9.53 Å². The molecular formula is C14H16N2O2. The van der Waals surface area contributed by atoms with Gasteiger partial charge in [-0.1, -0.05) is 24.3 Å². The van der Waals surface area contributed by atoms with Crippen LogP contribution in [0.4, 0.5) is 0 Å². The lowest BCUT2D eigenvalue weighted by atomic mass is 10.1. The Hall–Kier alpha value is -1.94. The maximum atomic E-state index is 11.1. The van der Waals surface area contributed by atoms with Crippen molar-refractivity contribution in [3.8, 4) is 0 Å². The highest BCUT2D eigenvalue weighted by Crippen LogP contribution is 2.18. The van der Waals surface area contributed by atoms with Gasteiger partial charge in [-0.3, -0.25) is 9.78 Å². The first-order valence-electron chi connectivity index (χ1n) is 5.89. The third-order valence-electron chi connectivity index (χ3n) is 2.89. The summed E-state index contributed by atoms with van der Waals surface area (Å²) in [4.78, 5) is 15.6. The molecule has 1 heterocycles. The number of ether oxygens (including phenoxy) is 1. The van der Waals surface area contributed by atoms with Crippen LogP contribution in [-0.2, 0) is 9.53 Å². The second kappa shape index (κ2) is 5.60. The third kappa shape index (κ3) is 2.84. The first-order valence-corrected chi connectivity index (χ1v) is 5.89. The van der Waals surface area contributed by atoms with Crippen molar-refractivity contribution in [1.82, 2.24) is 4.98 Å². The average molecular weight is 244 g/mol. The molecular weight excluding hydrogens is 228 g/mol. The van der Waals surface area contributed by atoms with Crippen molar-refractivity contribution in [2.75, 3.05) is 7.11 Å². The van der Waals surface area contributed by atoms with Gasteiger partial charge in [-0.05, 0) is 18.6 Å². The van der Waals surface area contributed by atoms with Crippen molar-refractivity contribution in [3.63, 3.8) is 0 Å². The van der Waals surface area contributed by atoms with Crippen molar-refractivity contribution in [2.24, 2.45) is 5.73 Å². The van der Waals surface area contributed by atoms with Gasteiger partial charge in [0.1, 0.15) is 0 Å². The number of nitrogens with zero attached hydrogens (tertiary/aromatic N) is 1. The van der Waals surface area contributed by atoms with Gasteiger partial charge in [0, 0.05) is 17.8 Å². The number of pyridine rings is 1. The van der Waals surface area contributed by atoms with Crippen molar-refractivity contribution in [3.05, 3.63) is 42.1 Å². The molecule has 2 aromatic rings. The summed E-state index contributed by atoms with van der Waals surface area (Å²) in [6.45, 7) is 0. The largest absolute Gasteiger partial charge is 0.469 e. The molecule has 0 saturated heterocycles. The van der Waals surface area contributed by atoms with E-state index in [1.807, 2.05) is 36.4 Å². The topological polar surface area (TPSA) is 65.2 Å². The van der Waals surface area contributed by atoms with Crippen LogP contribution in [0.2, 0.25) is 0 Å². The zero-order valence-electron chi connectivity index (χ0n) is 10.3. The van der Waals surface area contributed by atoms with Gasteiger partial charge in [0.05, 0.1) is 18.3 Å². The Bertz CT molecular complexity index is 554. The van der Waals surface area contributed by atoms with Gasteiger partial charge >= 0.3 is 5.97 Å². The lowest BCUT2D eigenvalue weighted by Crippen LogP contribution is -2.14. The number of nitrogens with two attached hydrogens (primary N) is 1. The highest BCUT2D eigenvalue weighted by atomic mass is 16.5. The van der Waals surface area contributed by atoms with Crippen LogP contribution >= 0.6 is 0 Å². The predicted molar refractivity (Wildman–Crippen MR) is 69.9 cm³/mol. The van der Waals surface area contributed by atoms with E-state index >= 15 is 0 Å².